The maximum absolute atomic E-state index is 12.7. The first-order valence-electron chi connectivity index (χ1n) is 7.21. The lowest BCUT2D eigenvalue weighted by Crippen LogP contribution is -2.44. The minimum absolute atomic E-state index is 0.0942. The molecule has 6 heteroatoms. The fraction of sp³-hybridized carbons (Fsp3) is 0.600. The number of rotatable bonds is 3. The Hall–Kier alpha value is -1.82. The second kappa shape index (κ2) is 5.89. The molecule has 2 N–H and O–H groups in total. The van der Waals surface area contributed by atoms with Crippen LogP contribution in [0.1, 0.15) is 44.9 Å². The van der Waals surface area contributed by atoms with E-state index in [1.165, 1.54) is 0 Å². The molecule has 0 aromatic carbocycles. The van der Waals surface area contributed by atoms with Crippen molar-refractivity contribution in [2.45, 2.75) is 32.7 Å². The summed E-state index contributed by atoms with van der Waals surface area (Å²) in [5, 5.41) is 9.14. The van der Waals surface area contributed by atoms with Crippen molar-refractivity contribution in [3.8, 4) is 0 Å². The third-order valence-electron chi connectivity index (χ3n) is 4.42. The van der Waals surface area contributed by atoms with E-state index in [9.17, 15) is 9.59 Å². The molecule has 0 radical (unpaired) electrons. The normalized spacial score (nSPS) is 17.0. The van der Waals surface area contributed by atoms with Gasteiger partial charge in [0.1, 0.15) is 5.69 Å². The number of carboxylic acid groups (broad SMARTS) is 1. The Morgan fingerprint density at radius 1 is 1.29 bits per heavy atom. The molecule has 6 nitrogen and oxygen atoms in total. The van der Waals surface area contributed by atoms with Crippen LogP contribution >= 0.6 is 0 Å². The molecule has 1 aromatic heterocycles. The minimum atomic E-state index is -1.03. The lowest BCUT2D eigenvalue weighted by Gasteiger charge is -2.35. The highest BCUT2D eigenvalue weighted by atomic mass is 16.4. The third kappa shape index (κ3) is 2.95. The number of piperidine rings is 1. The van der Waals surface area contributed by atoms with Crippen LogP contribution in [0.3, 0.4) is 0 Å². The molecule has 0 aliphatic carbocycles. The summed E-state index contributed by atoms with van der Waals surface area (Å²) in [5.74, 6) is -1.13. The number of carboxylic acids is 1. The zero-order chi connectivity index (χ0) is 15.7. The summed E-state index contributed by atoms with van der Waals surface area (Å²) in [6.45, 7) is 5.39. The lowest BCUT2D eigenvalue weighted by atomic mass is 10.0. The molecular formula is C15H23N3O3. The maximum Gasteiger partial charge on any atom is 0.352 e. The Morgan fingerprint density at radius 2 is 1.86 bits per heavy atom. The van der Waals surface area contributed by atoms with Crippen molar-refractivity contribution in [1.29, 1.82) is 0 Å². The number of nitrogens with zero attached hydrogens (tertiary/aromatic N) is 2. The molecule has 2 rings (SSSR count). The molecule has 1 amide bonds. The highest BCUT2D eigenvalue weighted by molar-refractivity contribution is 6.00. The van der Waals surface area contributed by atoms with Gasteiger partial charge < -0.3 is 19.9 Å². The van der Waals surface area contributed by atoms with Crippen LogP contribution in [0.25, 0.3) is 0 Å². The van der Waals surface area contributed by atoms with Crippen LogP contribution in [0.5, 0.6) is 0 Å². The summed E-state index contributed by atoms with van der Waals surface area (Å²) in [6.07, 6.45) is 1.90. The van der Waals surface area contributed by atoms with Crippen molar-refractivity contribution in [2.75, 3.05) is 27.2 Å². The van der Waals surface area contributed by atoms with Crippen LogP contribution in [0.4, 0.5) is 0 Å². The van der Waals surface area contributed by atoms with E-state index in [4.69, 9.17) is 5.11 Å². The van der Waals surface area contributed by atoms with Gasteiger partial charge in [0.25, 0.3) is 5.91 Å². The average molecular weight is 293 g/mol. The summed E-state index contributed by atoms with van der Waals surface area (Å²) in [6, 6.07) is 0.218. The van der Waals surface area contributed by atoms with Gasteiger partial charge in [-0.3, -0.25) is 4.79 Å². The number of hydrogen-bond donors (Lipinski definition) is 2. The molecule has 2 heterocycles. The van der Waals surface area contributed by atoms with Crippen molar-refractivity contribution in [1.82, 2.24) is 14.8 Å². The number of amides is 1. The van der Waals surface area contributed by atoms with Crippen LogP contribution in [-0.4, -0.2) is 65.0 Å². The van der Waals surface area contributed by atoms with E-state index in [1.807, 2.05) is 7.05 Å². The van der Waals surface area contributed by atoms with Gasteiger partial charge >= 0.3 is 5.97 Å². The Morgan fingerprint density at radius 3 is 2.33 bits per heavy atom. The van der Waals surface area contributed by atoms with E-state index in [0.717, 1.165) is 25.9 Å². The van der Waals surface area contributed by atoms with Crippen LogP contribution in [-0.2, 0) is 0 Å². The third-order valence-corrected chi connectivity index (χ3v) is 4.42. The highest BCUT2D eigenvalue weighted by Gasteiger charge is 2.29. The molecule has 1 aliphatic rings. The summed E-state index contributed by atoms with van der Waals surface area (Å²) in [4.78, 5) is 30.7. The fourth-order valence-electron chi connectivity index (χ4n) is 3.01. The van der Waals surface area contributed by atoms with E-state index in [-0.39, 0.29) is 17.6 Å². The molecule has 0 spiro atoms. The predicted molar refractivity (Wildman–Crippen MR) is 79.8 cm³/mol. The first-order chi connectivity index (χ1) is 9.82. The van der Waals surface area contributed by atoms with Gasteiger partial charge in [0, 0.05) is 18.8 Å². The number of aromatic carboxylic acids is 1. The molecule has 21 heavy (non-hydrogen) atoms. The maximum atomic E-state index is 12.7. The molecule has 0 unspecified atom stereocenters. The van der Waals surface area contributed by atoms with Gasteiger partial charge in [-0.15, -0.1) is 0 Å². The van der Waals surface area contributed by atoms with E-state index < -0.39 is 5.97 Å². The standard InChI is InChI=1S/C15H23N3O3/c1-9-12(10(2)16-13(9)15(20)21)14(19)18(4)11-5-7-17(3)8-6-11/h11,16H,5-8H2,1-4H3,(H,20,21). The smallest absolute Gasteiger partial charge is 0.352 e. The van der Waals surface area contributed by atoms with E-state index >= 15 is 0 Å². The molecule has 1 aliphatic heterocycles. The van der Waals surface area contributed by atoms with E-state index in [1.54, 1.807) is 18.7 Å². The Kier molecular flexibility index (Phi) is 4.37. The first-order valence-corrected chi connectivity index (χ1v) is 7.21. The van der Waals surface area contributed by atoms with Crippen LogP contribution in [0.15, 0.2) is 0 Å². The lowest BCUT2D eigenvalue weighted by molar-refractivity contribution is 0.0658. The summed E-state index contributed by atoms with van der Waals surface area (Å²) >= 11 is 0. The molecule has 0 atom stereocenters. The number of aromatic amines is 1. The number of aryl methyl sites for hydroxylation is 1. The molecule has 1 saturated heterocycles. The Labute approximate surface area is 124 Å². The minimum Gasteiger partial charge on any atom is -0.477 e. The van der Waals surface area contributed by atoms with Gasteiger partial charge in [-0.2, -0.15) is 0 Å². The number of nitrogens with one attached hydrogen (secondary N) is 1. The Bertz CT molecular complexity index is 557. The number of likely N-dealkylation sites (tertiary alicyclic amines) is 1. The quantitative estimate of drug-likeness (QED) is 0.885. The molecule has 0 saturated carbocycles. The van der Waals surface area contributed by atoms with Crippen LogP contribution in [0.2, 0.25) is 0 Å². The number of H-pyrrole nitrogens is 1. The van der Waals surface area contributed by atoms with Crippen molar-refractivity contribution in [2.24, 2.45) is 0 Å². The van der Waals surface area contributed by atoms with Crippen LogP contribution < -0.4 is 0 Å². The van der Waals surface area contributed by atoms with Gasteiger partial charge in [0.2, 0.25) is 0 Å². The van der Waals surface area contributed by atoms with Gasteiger partial charge in [-0.05, 0) is 52.4 Å². The van der Waals surface area contributed by atoms with Crippen molar-refractivity contribution in [3.05, 3.63) is 22.5 Å². The number of hydrogen-bond acceptors (Lipinski definition) is 3. The summed E-state index contributed by atoms with van der Waals surface area (Å²) in [7, 11) is 3.89. The van der Waals surface area contributed by atoms with Crippen molar-refractivity contribution in [3.63, 3.8) is 0 Å². The zero-order valence-electron chi connectivity index (χ0n) is 13.1. The number of aromatic nitrogens is 1. The summed E-state index contributed by atoms with van der Waals surface area (Å²) < 4.78 is 0. The van der Waals surface area contributed by atoms with E-state index in [0.29, 0.717) is 16.8 Å². The Balaban J connectivity index is 2.22. The summed E-state index contributed by atoms with van der Waals surface area (Å²) in [5.41, 5.74) is 1.74. The molecule has 1 fully saturated rings. The van der Waals surface area contributed by atoms with Gasteiger partial charge in [-0.1, -0.05) is 0 Å². The van der Waals surface area contributed by atoms with Crippen LogP contribution in [0, 0.1) is 13.8 Å². The second-order valence-electron chi connectivity index (χ2n) is 5.88. The van der Waals surface area contributed by atoms with Gasteiger partial charge in [-0.25, -0.2) is 4.79 Å². The van der Waals surface area contributed by atoms with Gasteiger partial charge in [0.15, 0.2) is 0 Å². The fourth-order valence-corrected chi connectivity index (χ4v) is 3.01. The average Bonchev–Trinajstić information content (AvgIpc) is 2.73. The highest BCUT2D eigenvalue weighted by Crippen LogP contribution is 2.22. The van der Waals surface area contributed by atoms with E-state index in [2.05, 4.69) is 16.9 Å². The second-order valence-corrected chi connectivity index (χ2v) is 5.88. The topological polar surface area (TPSA) is 76.6 Å². The largest absolute Gasteiger partial charge is 0.477 e. The zero-order valence-corrected chi connectivity index (χ0v) is 13.1. The van der Waals surface area contributed by atoms with Crippen molar-refractivity contribution >= 4 is 11.9 Å². The monoisotopic (exact) mass is 293 g/mol. The predicted octanol–water partition coefficient (Wildman–Crippen LogP) is 1.50. The first kappa shape index (κ1) is 15.6. The number of carbonyl (C=O) groups is 2. The van der Waals surface area contributed by atoms with Crippen molar-refractivity contribution < 1.29 is 14.7 Å². The SMILES string of the molecule is Cc1[nH]c(C(=O)O)c(C)c1C(=O)N(C)C1CCN(C)CC1. The molecule has 0 bridgehead atoms. The molecular weight excluding hydrogens is 270 g/mol. The van der Waals surface area contributed by atoms with Gasteiger partial charge in [0.05, 0.1) is 5.56 Å². The molecule has 1 aromatic rings. The number of carbonyl (C=O) groups excluding carboxylic acids is 1. The molecule has 116 valence electrons.